The second kappa shape index (κ2) is 8.60. The first-order valence-electron chi connectivity index (χ1n) is 10.8. The highest BCUT2D eigenvalue weighted by atomic mass is 32.2. The van der Waals surface area contributed by atoms with Gasteiger partial charge in [-0.2, -0.15) is 0 Å². The molecule has 1 atom stereocenters. The summed E-state index contributed by atoms with van der Waals surface area (Å²) < 4.78 is 32.5. The minimum absolute atomic E-state index is 0.100. The number of anilines is 1. The van der Waals surface area contributed by atoms with Crippen LogP contribution in [-0.2, 0) is 10.0 Å². The van der Waals surface area contributed by atoms with Crippen LogP contribution >= 0.6 is 0 Å². The van der Waals surface area contributed by atoms with Crippen LogP contribution < -0.4 is 10.2 Å². The zero-order chi connectivity index (χ0) is 23.0. The molecule has 8 heteroatoms. The third-order valence-corrected chi connectivity index (χ3v) is 7.87. The molecule has 3 aromatic rings. The predicted molar refractivity (Wildman–Crippen MR) is 126 cm³/mol. The molecule has 0 radical (unpaired) electrons. The highest BCUT2D eigenvalue weighted by Gasteiger charge is 2.26. The van der Waals surface area contributed by atoms with E-state index in [-0.39, 0.29) is 16.8 Å². The van der Waals surface area contributed by atoms with Gasteiger partial charge >= 0.3 is 0 Å². The molecule has 0 saturated carbocycles. The summed E-state index contributed by atoms with van der Waals surface area (Å²) in [6, 6.07) is 12.2. The molecule has 4 rings (SSSR count). The molecule has 1 aliphatic rings. The van der Waals surface area contributed by atoms with Crippen LogP contribution in [0.15, 0.2) is 51.8 Å². The number of carbonyl (C=O) groups excluding carboxylic acids is 1. The summed E-state index contributed by atoms with van der Waals surface area (Å²) in [5.41, 5.74) is 2.87. The molecule has 1 saturated heterocycles. The summed E-state index contributed by atoms with van der Waals surface area (Å²) in [7, 11) is -0.698. The van der Waals surface area contributed by atoms with Crippen molar-refractivity contribution >= 4 is 32.6 Å². The third-order valence-electron chi connectivity index (χ3n) is 6.06. The first kappa shape index (κ1) is 22.4. The fraction of sp³-hybridized carbons (Fsp3) is 0.375. The first-order chi connectivity index (χ1) is 15.2. The lowest BCUT2D eigenvalue weighted by molar-refractivity contribution is 0.0936. The predicted octanol–water partition coefficient (Wildman–Crippen LogP) is 4.08. The van der Waals surface area contributed by atoms with Crippen LogP contribution in [0.4, 0.5) is 5.69 Å². The number of fused-ring (bicyclic) bond motifs is 1. The second-order valence-corrected chi connectivity index (χ2v) is 10.6. The van der Waals surface area contributed by atoms with Gasteiger partial charge in [0.2, 0.25) is 10.0 Å². The van der Waals surface area contributed by atoms with E-state index in [2.05, 4.69) is 10.2 Å². The molecule has 1 aliphatic heterocycles. The van der Waals surface area contributed by atoms with Gasteiger partial charge < -0.3 is 14.6 Å². The van der Waals surface area contributed by atoms with Gasteiger partial charge in [-0.1, -0.05) is 18.2 Å². The number of sulfonamides is 1. The standard InChI is InChI=1S/C24H29N3O4S/c1-16-19-9-5-6-10-22(19)31-23(16)17(2)25-24(28)20-15-18(32(29,30)26(3)4)11-12-21(20)27-13-7-8-14-27/h5-6,9-12,15,17H,7-8,13-14H2,1-4H3,(H,25,28). The minimum atomic E-state index is -3.66. The Kier molecular flexibility index (Phi) is 6.01. The van der Waals surface area contributed by atoms with Crippen molar-refractivity contribution < 1.29 is 17.6 Å². The molecular formula is C24H29N3O4S. The van der Waals surface area contributed by atoms with Crippen molar-refractivity contribution in [2.45, 2.75) is 37.6 Å². The lowest BCUT2D eigenvalue weighted by Crippen LogP contribution is -2.30. The average molecular weight is 456 g/mol. The summed E-state index contributed by atoms with van der Waals surface area (Å²) in [5, 5.41) is 4.03. The van der Waals surface area contributed by atoms with E-state index in [1.165, 1.54) is 20.2 Å². The monoisotopic (exact) mass is 455 g/mol. The maximum Gasteiger partial charge on any atom is 0.254 e. The van der Waals surface area contributed by atoms with E-state index in [4.69, 9.17) is 4.42 Å². The van der Waals surface area contributed by atoms with Crippen LogP contribution in [-0.4, -0.2) is 45.8 Å². The number of rotatable bonds is 6. The largest absolute Gasteiger partial charge is 0.459 e. The topological polar surface area (TPSA) is 82.9 Å². The van der Waals surface area contributed by atoms with E-state index in [9.17, 15) is 13.2 Å². The van der Waals surface area contributed by atoms with Gasteiger partial charge in [0.05, 0.1) is 16.5 Å². The van der Waals surface area contributed by atoms with Gasteiger partial charge in [0.15, 0.2) is 0 Å². The Balaban J connectivity index is 1.69. The molecule has 2 heterocycles. The van der Waals surface area contributed by atoms with Crippen LogP contribution in [0.1, 0.15) is 47.5 Å². The summed E-state index contributed by atoms with van der Waals surface area (Å²) in [6.07, 6.45) is 2.10. The maximum atomic E-state index is 13.4. The fourth-order valence-corrected chi connectivity index (χ4v) is 5.18. The highest BCUT2D eigenvalue weighted by molar-refractivity contribution is 7.89. The molecule has 170 valence electrons. The molecular weight excluding hydrogens is 426 g/mol. The number of furan rings is 1. The lowest BCUT2D eigenvalue weighted by atomic mass is 10.1. The number of aryl methyl sites for hydroxylation is 1. The van der Waals surface area contributed by atoms with Crippen LogP contribution in [0.3, 0.4) is 0 Å². The van der Waals surface area contributed by atoms with Gasteiger partial charge in [-0.05, 0) is 51.0 Å². The molecule has 32 heavy (non-hydrogen) atoms. The minimum Gasteiger partial charge on any atom is -0.459 e. The van der Waals surface area contributed by atoms with Gasteiger partial charge in [-0.25, -0.2) is 12.7 Å². The maximum absolute atomic E-state index is 13.4. The van der Waals surface area contributed by atoms with Crippen LogP contribution in [0.5, 0.6) is 0 Å². The van der Waals surface area contributed by atoms with Crippen molar-refractivity contribution in [3.8, 4) is 0 Å². The number of nitrogens with zero attached hydrogens (tertiary/aromatic N) is 2. The molecule has 0 bridgehead atoms. The van der Waals surface area contributed by atoms with Gasteiger partial charge in [-0.3, -0.25) is 4.79 Å². The van der Waals surface area contributed by atoms with Crippen molar-refractivity contribution in [3.63, 3.8) is 0 Å². The van der Waals surface area contributed by atoms with Crippen molar-refractivity contribution in [1.29, 1.82) is 0 Å². The average Bonchev–Trinajstić information content (AvgIpc) is 3.42. The molecule has 0 aliphatic carbocycles. The molecule has 0 spiro atoms. The van der Waals surface area contributed by atoms with Crippen molar-refractivity contribution in [2.24, 2.45) is 0 Å². The van der Waals surface area contributed by atoms with Crippen LogP contribution in [0, 0.1) is 6.92 Å². The van der Waals surface area contributed by atoms with E-state index >= 15 is 0 Å². The fourth-order valence-electron chi connectivity index (χ4n) is 4.25. The Labute approximate surface area is 189 Å². The second-order valence-electron chi connectivity index (χ2n) is 8.44. The third kappa shape index (κ3) is 4.00. The Morgan fingerprint density at radius 1 is 1.12 bits per heavy atom. The van der Waals surface area contributed by atoms with E-state index in [1.54, 1.807) is 12.1 Å². The SMILES string of the molecule is Cc1c(C(C)NC(=O)c2cc(S(=O)(=O)N(C)C)ccc2N2CCCC2)oc2ccccc12. The molecule has 1 aromatic heterocycles. The van der Waals surface area contributed by atoms with Gasteiger partial charge in [-0.15, -0.1) is 0 Å². The highest BCUT2D eigenvalue weighted by Crippen LogP contribution is 2.31. The summed E-state index contributed by atoms with van der Waals surface area (Å²) in [4.78, 5) is 15.6. The number of hydrogen-bond donors (Lipinski definition) is 1. The Morgan fingerprint density at radius 3 is 2.47 bits per heavy atom. The summed E-state index contributed by atoms with van der Waals surface area (Å²) >= 11 is 0. The summed E-state index contributed by atoms with van der Waals surface area (Å²) in [6.45, 7) is 5.54. The number of benzene rings is 2. The smallest absolute Gasteiger partial charge is 0.254 e. The van der Waals surface area contributed by atoms with E-state index < -0.39 is 10.0 Å². The lowest BCUT2D eigenvalue weighted by Gasteiger charge is -2.23. The van der Waals surface area contributed by atoms with Crippen molar-refractivity contribution in [3.05, 3.63) is 59.4 Å². The van der Waals surface area contributed by atoms with E-state index in [0.717, 1.165) is 52.5 Å². The van der Waals surface area contributed by atoms with E-state index in [0.29, 0.717) is 11.3 Å². The number of amides is 1. The number of para-hydroxylation sites is 1. The first-order valence-corrected chi connectivity index (χ1v) is 12.2. The zero-order valence-electron chi connectivity index (χ0n) is 18.9. The van der Waals surface area contributed by atoms with Crippen molar-refractivity contribution in [1.82, 2.24) is 9.62 Å². The number of hydrogen-bond acceptors (Lipinski definition) is 5. The van der Waals surface area contributed by atoms with Gasteiger partial charge in [0.25, 0.3) is 5.91 Å². The number of carbonyl (C=O) groups is 1. The van der Waals surface area contributed by atoms with E-state index in [1.807, 2.05) is 38.1 Å². The van der Waals surface area contributed by atoms with Gasteiger partial charge in [0, 0.05) is 43.8 Å². The zero-order valence-corrected chi connectivity index (χ0v) is 19.7. The van der Waals surface area contributed by atoms with Crippen molar-refractivity contribution in [2.75, 3.05) is 32.1 Å². The Hall–Kier alpha value is -2.84. The molecule has 1 amide bonds. The Morgan fingerprint density at radius 2 is 1.81 bits per heavy atom. The normalized spacial score (nSPS) is 15.5. The number of nitrogens with one attached hydrogen (secondary N) is 1. The summed E-state index contributed by atoms with van der Waals surface area (Å²) in [5.74, 6) is 0.370. The van der Waals surface area contributed by atoms with Crippen LogP contribution in [0.25, 0.3) is 11.0 Å². The van der Waals surface area contributed by atoms with Crippen LogP contribution in [0.2, 0.25) is 0 Å². The quantitative estimate of drug-likeness (QED) is 0.606. The molecule has 1 fully saturated rings. The molecule has 7 nitrogen and oxygen atoms in total. The molecule has 2 aromatic carbocycles. The Bertz CT molecular complexity index is 1260. The molecule has 1 N–H and O–H groups in total. The molecule has 1 unspecified atom stereocenters. The van der Waals surface area contributed by atoms with Gasteiger partial charge in [0.1, 0.15) is 11.3 Å².